The summed E-state index contributed by atoms with van der Waals surface area (Å²) in [6.07, 6.45) is 10.2. The predicted octanol–water partition coefficient (Wildman–Crippen LogP) is 4.93. The normalized spacial score (nSPS) is 18.1. The molecule has 0 radical (unpaired) electrons. The van der Waals surface area contributed by atoms with Crippen LogP contribution in [0.1, 0.15) is 37.2 Å². The highest BCUT2D eigenvalue weighted by molar-refractivity contribution is 6.30. The van der Waals surface area contributed by atoms with Crippen LogP contribution in [0.3, 0.4) is 0 Å². The third-order valence-electron chi connectivity index (χ3n) is 7.83. The molecule has 0 unspecified atom stereocenters. The number of hydrogen-bond acceptors (Lipinski definition) is 4. The zero-order chi connectivity index (χ0) is 24.9. The number of nitrogens with zero attached hydrogens (tertiary/aromatic N) is 4. The Balaban J connectivity index is 1.16. The number of rotatable bonds is 7. The van der Waals surface area contributed by atoms with E-state index in [9.17, 15) is 4.79 Å². The van der Waals surface area contributed by atoms with E-state index in [4.69, 9.17) is 16.3 Å². The Morgan fingerprint density at radius 1 is 1.08 bits per heavy atom. The largest absolute Gasteiger partial charge is 0.383 e. The quantitative estimate of drug-likeness (QED) is 0.490. The maximum Gasteiger partial charge on any atom is 0.317 e. The molecule has 1 N–H and O–H groups in total. The van der Waals surface area contributed by atoms with Gasteiger partial charge in [-0.1, -0.05) is 11.6 Å². The molecule has 0 aliphatic carbocycles. The van der Waals surface area contributed by atoms with Crippen molar-refractivity contribution in [3.8, 4) is 5.69 Å². The van der Waals surface area contributed by atoms with Crippen LogP contribution in [0.2, 0.25) is 5.02 Å². The lowest BCUT2D eigenvalue weighted by Crippen LogP contribution is -2.46. The Bertz CT molecular complexity index is 1150. The molecule has 8 heteroatoms. The lowest BCUT2D eigenvalue weighted by molar-refractivity contribution is 0.119. The van der Waals surface area contributed by atoms with Crippen LogP contribution in [0.5, 0.6) is 0 Å². The number of halogens is 1. The summed E-state index contributed by atoms with van der Waals surface area (Å²) in [6, 6.07) is 10.1. The Morgan fingerprint density at radius 3 is 2.56 bits per heavy atom. The van der Waals surface area contributed by atoms with Crippen LogP contribution in [-0.4, -0.2) is 78.4 Å². The Kier molecular flexibility index (Phi) is 8.09. The highest BCUT2D eigenvalue weighted by Crippen LogP contribution is 2.35. The molecule has 3 aromatic rings. The first-order valence-electron chi connectivity index (χ1n) is 13.1. The first-order valence-corrected chi connectivity index (χ1v) is 13.4. The average molecular weight is 510 g/mol. The minimum absolute atomic E-state index is 0.0862. The van der Waals surface area contributed by atoms with E-state index in [0.717, 1.165) is 87.8 Å². The van der Waals surface area contributed by atoms with Crippen LogP contribution in [0.25, 0.3) is 16.6 Å². The maximum absolute atomic E-state index is 12.9. The minimum Gasteiger partial charge on any atom is -0.383 e. The molecule has 0 saturated carbocycles. The number of amides is 2. The molecule has 0 spiro atoms. The maximum atomic E-state index is 12.9. The minimum atomic E-state index is 0.0862. The van der Waals surface area contributed by atoms with Crippen molar-refractivity contribution in [2.24, 2.45) is 5.92 Å². The molecule has 0 atom stereocenters. The van der Waals surface area contributed by atoms with E-state index < -0.39 is 0 Å². The number of methoxy groups -OCH3 is 1. The number of urea groups is 1. The second kappa shape index (κ2) is 11.6. The summed E-state index contributed by atoms with van der Waals surface area (Å²) in [5.41, 5.74) is 3.51. The van der Waals surface area contributed by atoms with E-state index in [1.54, 1.807) is 7.11 Å². The number of pyridine rings is 1. The van der Waals surface area contributed by atoms with Crippen molar-refractivity contribution >= 4 is 28.5 Å². The van der Waals surface area contributed by atoms with Gasteiger partial charge in [-0.15, -0.1) is 0 Å². The van der Waals surface area contributed by atoms with Crippen molar-refractivity contribution in [2.45, 2.75) is 31.6 Å². The summed E-state index contributed by atoms with van der Waals surface area (Å²) in [7, 11) is 1.75. The molecule has 192 valence electrons. The third-order valence-corrected chi connectivity index (χ3v) is 8.08. The second-order valence-electron chi connectivity index (χ2n) is 10.0. The Morgan fingerprint density at radius 2 is 1.83 bits per heavy atom. The van der Waals surface area contributed by atoms with Gasteiger partial charge in [-0.25, -0.2) is 4.79 Å². The van der Waals surface area contributed by atoms with Crippen molar-refractivity contribution in [2.75, 3.05) is 53.0 Å². The molecule has 5 rings (SSSR count). The molecular formula is C28H36ClN5O2. The zero-order valence-corrected chi connectivity index (χ0v) is 21.8. The van der Waals surface area contributed by atoms with Gasteiger partial charge in [-0.2, -0.15) is 0 Å². The molecule has 2 aliphatic heterocycles. The van der Waals surface area contributed by atoms with Crippen LogP contribution in [-0.2, 0) is 4.74 Å². The third kappa shape index (κ3) is 5.69. The molecule has 7 nitrogen and oxygen atoms in total. The second-order valence-corrected chi connectivity index (χ2v) is 10.5. The van der Waals surface area contributed by atoms with Crippen LogP contribution < -0.4 is 5.32 Å². The van der Waals surface area contributed by atoms with Crippen molar-refractivity contribution in [3.05, 3.63) is 59.5 Å². The number of piperidine rings is 2. The number of carbonyl (C=O) groups is 1. The van der Waals surface area contributed by atoms with Gasteiger partial charge in [0, 0.05) is 61.8 Å². The van der Waals surface area contributed by atoms with Crippen molar-refractivity contribution < 1.29 is 9.53 Å². The number of carbonyl (C=O) groups excluding carboxylic acids is 1. The lowest BCUT2D eigenvalue weighted by atomic mass is 9.89. The molecule has 2 saturated heterocycles. The van der Waals surface area contributed by atoms with Crippen molar-refractivity contribution in [1.82, 2.24) is 24.7 Å². The Labute approximate surface area is 218 Å². The Hall–Kier alpha value is -2.61. The van der Waals surface area contributed by atoms with Gasteiger partial charge in [-0.05, 0) is 86.5 Å². The topological polar surface area (TPSA) is 62.6 Å². The molecule has 4 heterocycles. The average Bonchev–Trinajstić information content (AvgIpc) is 3.31. The summed E-state index contributed by atoms with van der Waals surface area (Å²) >= 11 is 6.11. The van der Waals surface area contributed by atoms with Gasteiger partial charge >= 0.3 is 6.03 Å². The van der Waals surface area contributed by atoms with Gasteiger partial charge < -0.3 is 24.4 Å². The van der Waals surface area contributed by atoms with Crippen LogP contribution >= 0.6 is 11.6 Å². The summed E-state index contributed by atoms with van der Waals surface area (Å²) in [6.45, 7) is 6.31. The van der Waals surface area contributed by atoms with Crippen LogP contribution in [0.15, 0.2) is 48.9 Å². The monoisotopic (exact) mass is 509 g/mol. The molecule has 0 bridgehead atoms. The summed E-state index contributed by atoms with van der Waals surface area (Å²) in [5.74, 6) is 0.988. The summed E-state index contributed by atoms with van der Waals surface area (Å²) in [4.78, 5) is 21.7. The zero-order valence-electron chi connectivity index (χ0n) is 21.0. The summed E-state index contributed by atoms with van der Waals surface area (Å²) in [5, 5.41) is 5.18. The van der Waals surface area contributed by atoms with E-state index in [1.165, 1.54) is 10.9 Å². The van der Waals surface area contributed by atoms with Gasteiger partial charge in [0.2, 0.25) is 0 Å². The molecule has 2 aromatic heterocycles. The lowest BCUT2D eigenvalue weighted by Gasteiger charge is -2.34. The van der Waals surface area contributed by atoms with E-state index in [2.05, 4.69) is 32.0 Å². The number of ether oxygens (including phenoxy) is 1. The smallest absolute Gasteiger partial charge is 0.317 e. The van der Waals surface area contributed by atoms with E-state index in [1.807, 2.05) is 41.6 Å². The number of likely N-dealkylation sites (tertiary alicyclic amines) is 2. The number of aromatic nitrogens is 2. The predicted molar refractivity (Wildman–Crippen MR) is 144 cm³/mol. The van der Waals surface area contributed by atoms with Gasteiger partial charge in [-0.3, -0.25) is 4.98 Å². The SMILES string of the molecule is COCCN1CCC(CNC(=O)N2CCC(c3cn(-c4ccc(Cl)cc4)c4cnccc34)CC2)CC1. The highest BCUT2D eigenvalue weighted by Gasteiger charge is 2.27. The summed E-state index contributed by atoms with van der Waals surface area (Å²) < 4.78 is 7.39. The molecule has 2 amide bonds. The van der Waals surface area contributed by atoms with Crippen LogP contribution in [0, 0.1) is 5.92 Å². The molecule has 2 aliphatic rings. The van der Waals surface area contributed by atoms with E-state index >= 15 is 0 Å². The van der Waals surface area contributed by atoms with Crippen molar-refractivity contribution in [3.63, 3.8) is 0 Å². The molecule has 36 heavy (non-hydrogen) atoms. The number of nitrogens with one attached hydrogen (secondary N) is 1. The standard InChI is InChI=1S/C28H36ClN5O2/c1-36-17-16-32-12-7-21(8-13-32)18-31-28(35)33-14-9-22(10-15-33)26-20-34(24-4-2-23(29)3-5-24)27-19-30-11-6-25(26)27/h2-6,11,19-22H,7-10,12-18H2,1H3,(H,31,35). The first kappa shape index (κ1) is 25.1. The fourth-order valence-electron chi connectivity index (χ4n) is 5.61. The highest BCUT2D eigenvalue weighted by atomic mass is 35.5. The number of fused-ring (bicyclic) bond motifs is 1. The van der Waals surface area contributed by atoms with Gasteiger partial charge in [0.05, 0.1) is 18.3 Å². The number of benzene rings is 1. The van der Waals surface area contributed by atoms with E-state index in [0.29, 0.717) is 11.8 Å². The molecule has 1 aromatic carbocycles. The first-order chi connectivity index (χ1) is 17.6. The van der Waals surface area contributed by atoms with E-state index in [-0.39, 0.29) is 6.03 Å². The fraction of sp³-hybridized carbons (Fsp3) is 0.500. The molecular weight excluding hydrogens is 474 g/mol. The van der Waals surface area contributed by atoms with Gasteiger partial charge in [0.25, 0.3) is 0 Å². The fourth-order valence-corrected chi connectivity index (χ4v) is 5.74. The molecule has 2 fully saturated rings. The number of hydrogen-bond donors (Lipinski definition) is 1. The van der Waals surface area contributed by atoms with Crippen molar-refractivity contribution in [1.29, 1.82) is 0 Å². The van der Waals surface area contributed by atoms with Gasteiger partial charge in [0.1, 0.15) is 0 Å². The van der Waals surface area contributed by atoms with Gasteiger partial charge in [0.15, 0.2) is 0 Å². The van der Waals surface area contributed by atoms with Crippen LogP contribution in [0.4, 0.5) is 4.79 Å².